The molecular formula is C15H24BrN3O2. The molecule has 0 radical (unpaired) electrons. The Morgan fingerprint density at radius 2 is 2.24 bits per heavy atom. The molecule has 1 aliphatic carbocycles. The molecule has 21 heavy (non-hydrogen) atoms. The van der Waals surface area contributed by atoms with Gasteiger partial charge in [0, 0.05) is 26.8 Å². The van der Waals surface area contributed by atoms with Crippen molar-refractivity contribution in [3.63, 3.8) is 0 Å². The smallest absolute Gasteiger partial charge is 0.291 e. The Labute approximate surface area is 134 Å². The summed E-state index contributed by atoms with van der Waals surface area (Å²) in [5, 5.41) is 7.48. The minimum absolute atomic E-state index is 0.0202. The van der Waals surface area contributed by atoms with Gasteiger partial charge in [0.05, 0.1) is 10.7 Å². The van der Waals surface area contributed by atoms with E-state index in [1.165, 1.54) is 19.3 Å². The van der Waals surface area contributed by atoms with Gasteiger partial charge in [-0.2, -0.15) is 5.10 Å². The van der Waals surface area contributed by atoms with Crippen LogP contribution in [0.2, 0.25) is 0 Å². The lowest BCUT2D eigenvalue weighted by molar-refractivity contribution is 0.192. The zero-order valence-electron chi connectivity index (χ0n) is 12.6. The summed E-state index contributed by atoms with van der Waals surface area (Å²) >= 11 is 3.41. The molecule has 1 aromatic heterocycles. The van der Waals surface area contributed by atoms with Gasteiger partial charge in [-0.3, -0.25) is 4.79 Å². The number of hydrogen-bond acceptors (Lipinski definition) is 4. The molecule has 1 aromatic rings. The van der Waals surface area contributed by atoms with Gasteiger partial charge >= 0.3 is 0 Å². The summed E-state index contributed by atoms with van der Waals surface area (Å²) in [5.74, 6) is 0.623. The average Bonchev–Trinajstić information content (AvgIpc) is 2.43. The number of anilines is 1. The van der Waals surface area contributed by atoms with Gasteiger partial charge in [0.25, 0.3) is 5.56 Å². The SMILES string of the molecule is COCCCCCNc1c(Br)cnn(CC2CCC2)c1=O. The molecule has 0 spiro atoms. The molecule has 0 aliphatic heterocycles. The number of rotatable bonds is 9. The van der Waals surface area contributed by atoms with E-state index in [1.54, 1.807) is 18.0 Å². The Balaban J connectivity index is 1.88. The van der Waals surface area contributed by atoms with Crippen LogP contribution in [0.3, 0.4) is 0 Å². The Morgan fingerprint density at radius 3 is 2.90 bits per heavy atom. The molecule has 0 unspecified atom stereocenters. The molecule has 0 aromatic carbocycles. The van der Waals surface area contributed by atoms with Gasteiger partial charge in [0.15, 0.2) is 0 Å². The average molecular weight is 358 g/mol. The van der Waals surface area contributed by atoms with E-state index in [4.69, 9.17) is 4.74 Å². The number of unbranched alkanes of at least 4 members (excludes halogenated alkanes) is 2. The molecule has 1 fully saturated rings. The van der Waals surface area contributed by atoms with Gasteiger partial charge in [-0.15, -0.1) is 0 Å². The van der Waals surface area contributed by atoms with Gasteiger partial charge in [0.1, 0.15) is 5.69 Å². The number of halogens is 1. The third-order valence-electron chi connectivity index (χ3n) is 3.98. The van der Waals surface area contributed by atoms with E-state index in [1.807, 2.05) is 0 Å². The second-order valence-electron chi connectivity index (χ2n) is 5.63. The van der Waals surface area contributed by atoms with Crippen molar-refractivity contribution in [2.45, 2.75) is 45.1 Å². The van der Waals surface area contributed by atoms with Crippen LogP contribution in [-0.2, 0) is 11.3 Å². The van der Waals surface area contributed by atoms with Crippen LogP contribution >= 0.6 is 15.9 Å². The highest BCUT2D eigenvalue weighted by atomic mass is 79.9. The van der Waals surface area contributed by atoms with Crippen LogP contribution in [0.15, 0.2) is 15.5 Å². The lowest BCUT2D eigenvalue weighted by atomic mass is 9.85. The van der Waals surface area contributed by atoms with Crippen LogP contribution in [0.1, 0.15) is 38.5 Å². The monoisotopic (exact) mass is 357 g/mol. The third-order valence-corrected chi connectivity index (χ3v) is 4.58. The predicted octanol–water partition coefficient (Wildman–Crippen LogP) is 3.03. The zero-order chi connectivity index (χ0) is 15.1. The van der Waals surface area contributed by atoms with E-state index in [0.29, 0.717) is 11.6 Å². The van der Waals surface area contributed by atoms with Gasteiger partial charge in [0.2, 0.25) is 0 Å². The summed E-state index contributed by atoms with van der Waals surface area (Å²) < 4.78 is 7.37. The summed E-state index contributed by atoms with van der Waals surface area (Å²) in [7, 11) is 1.72. The van der Waals surface area contributed by atoms with Crippen LogP contribution < -0.4 is 10.9 Å². The maximum atomic E-state index is 12.4. The highest BCUT2D eigenvalue weighted by Crippen LogP contribution is 2.27. The summed E-state index contributed by atoms with van der Waals surface area (Å²) in [6.07, 6.45) is 8.61. The summed E-state index contributed by atoms with van der Waals surface area (Å²) in [4.78, 5) is 12.4. The lowest BCUT2D eigenvalue weighted by Gasteiger charge is -2.25. The zero-order valence-corrected chi connectivity index (χ0v) is 14.2. The highest BCUT2D eigenvalue weighted by Gasteiger charge is 2.20. The Kier molecular flexibility index (Phi) is 6.70. The molecule has 0 atom stereocenters. The van der Waals surface area contributed by atoms with Crippen molar-refractivity contribution in [3.8, 4) is 0 Å². The standard InChI is InChI=1S/C15H24BrN3O2/c1-21-9-4-2-3-8-17-14-13(16)10-18-19(15(14)20)11-12-6-5-7-12/h10,12,17H,2-9,11H2,1H3. The fourth-order valence-corrected chi connectivity index (χ4v) is 2.84. The molecule has 6 heteroatoms. The number of ether oxygens (including phenoxy) is 1. The van der Waals surface area contributed by atoms with Crippen molar-refractivity contribution in [3.05, 3.63) is 21.0 Å². The molecule has 1 saturated carbocycles. The number of nitrogens with zero attached hydrogens (tertiary/aromatic N) is 2. The van der Waals surface area contributed by atoms with Crippen LogP contribution in [0.4, 0.5) is 5.69 Å². The van der Waals surface area contributed by atoms with Gasteiger partial charge in [-0.1, -0.05) is 6.42 Å². The van der Waals surface area contributed by atoms with Crippen molar-refractivity contribution in [2.75, 3.05) is 25.6 Å². The lowest BCUT2D eigenvalue weighted by Crippen LogP contribution is -2.31. The van der Waals surface area contributed by atoms with Gasteiger partial charge in [-0.25, -0.2) is 4.68 Å². The second kappa shape index (κ2) is 8.54. The number of aromatic nitrogens is 2. The van der Waals surface area contributed by atoms with Crippen molar-refractivity contribution < 1.29 is 4.74 Å². The Morgan fingerprint density at radius 1 is 1.43 bits per heavy atom. The van der Waals surface area contributed by atoms with E-state index in [-0.39, 0.29) is 5.56 Å². The maximum Gasteiger partial charge on any atom is 0.291 e. The quantitative estimate of drug-likeness (QED) is 0.690. The predicted molar refractivity (Wildman–Crippen MR) is 87.8 cm³/mol. The molecule has 0 saturated heterocycles. The van der Waals surface area contributed by atoms with Gasteiger partial charge in [-0.05, 0) is 54.0 Å². The van der Waals surface area contributed by atoms with Crippen molar-refractivity contribution >= 4 is 21.6 Å². The van der Waals surface area contributed by atoms with E-state index in [9.17, 15) is 4.79 Å². The maximum absolute atomic E-state index is 12.4. The first-order valence-electron chi connectivity index (χ1n) is 7.71. The molecule has 1 aliphatic rings. The molecule has 0 bridgehead atoms. The normalized spacial score (nSPS) is 15.0. The second-order valence-corrected chi connectivity index (χ2v) is 6.49. The number of nitrogens with one attached hydrogen (secondary N) is 1. The van der Waals surface area contributed by atoms with Gasteiger partial charge < -0.3 is 10.1 Å². The minimum atomic E-state index is -0.0202. The Bertz CT molecular complexity index is 500. The minimum Gasteiger partial charge on any atom is -0.385 e. The fourth-order valence-electron chi connectivity index (χ4n) is 2.44. The van der Waals surface area contributed by atoms with Crippen molar-refractivity contribution in [2.24, 2.45) is 5.92 Å². The molecular weight excluding hydrogens is 334 g/mol. The van der Waals surface area contributed by atoms with E-state index in [0.717, 1.165) is 43.4 Å². The fraction of sp³-hybridized carbons (Fsp3) is 0.733. The van der Waals surface area contributed by atoms with Crippen LogP contribution in [0.5, 0.6) is 0 Å². The third kappa shape index (κ3) is 4.81. The first kappa shape index (κ1) is 16.5. The molecule has 118 valence electrons. The summed E-state index contributed by atoms with van der Waals surface area (Å²) in [6, 6.07) is 0. The largest absolute Gasteiger partial charge is 0.385 e. The first-order valence-corrected chi connectivity index (χ1v) is 8.50. The first-order chi connectivity index (χ1) is 10.2. The van der Waals surface area contributed by atoms with Crippen molar-refractivity contribution in [1.82, 2.24) is 9.78 Å². The molecule has 0 amide bonds. The number of hydrogen-bond donors (Lipinski definition) is 1. The molecule has 1 N–H and O–H groups in total. The van der Waals surface area contributed by atoms with Crippen LogP contribution in [-0.4, -0.2) is 30.0 Å². The van der Waals surface area contributed by atoms with E-state index < -0.39 is 0 Å². The van der Waals surface area contributed by atoms with Crippen molar-refractivity contribution in [1.29, 1.82) is 0 Å². The molecule has 2 rings (SSSR count). The highest BCUT2D eigenvalue weighted by molar-refractivity contribution is 9.10. The Hall–Kier alpha value is -0.880. The number of methoxy groups -OCH3 is 1. The molecule has 5 nitrogen and oxygen atoms in total. The van der Waals surface area contributed by atoms with Crippen LogP contribution in [0, 0.1) is 5.92 Å². The van der Waals surface area contributed by atoms with E-state index in [2.05, 4.69) is 26.3 Å². The van der Waals surface area contributed by atoms with Crippen LogP contribution in [0.25, 0.3) is 0 Å². The topological polar surface area (TPSA) is 56.1 Å². The summed E-state index contributed by atoms with van der Waals surface area (Å²) in [6.45, 7) is 2.34. The molecule has 1 heterocycles. The summed E-state index contributed by atoms with van der Waals surface area (Å²) in [5.41, 5.74) is 0.615. The van der Waals surface area contributed by atoms with E-state index >= 15 is 0 Å².